The predicted molar refractivity (Wildman–Crippen MR) is 40.0 cm³/mol. The van der Waals surface area contributed by atoms with Crippen molar-refractivity contribution in [3.8, 4) is 5.88 Å². The van der Waals surface area contributed by atoms with Gasteiger partial charge in [-0.25, -0.2) is 0 Å². The molecule has 0 aromatic carbocycles. The van der Waals surface area contributed by atoms with Crippen molar-refractivity contribution in [2.24, 2.45) is 0 Å². The van der Waals surface area contributed by atoms with Gasteiger partial charge in [-0.1, -0.05) is 0 Å². The second-order valence-corrected chi connectivity index (χ2v) is 3.24. The van der Waals surface area contributed by atoms with Gasteiger partial charge in [-0.3, -0.25) is 0 Å². The fourth-order valence-electron chi connectivity index (χ4n) is 1.04. The number of fused-ring (bicyclic) bond motifs is 1. The molecule has 1 atom stereocenters. The van der Waals surface area contributed by atoms with E-state index >= 15 is 0 Å². The van der Waals surface area contributed by atoms with Crippen LogP contribution in [0.1, 0.15) is 0 Å². The number of nitrogens with zero attached hydrogens (tertiary/aromatic N) is 1. The first-order valence-electron chi connectivity index (χ1n) is 3.15. The van der Waals surface area contributed by atoms with E-state index < -0.39 is 0 Å². The monoisotopic (exact) mass is 279 g/mol. The van der Waals surface area contributed by atoms with Crippen LogP contribution in [-0.2, 0) is 6.54 Å². The molecule has 11 heavy (non-hydrogen) atoms. The standard InChI is InChI=1S/C7H7BrNO.BrH/c8-6-5-9-4-2-1-3-7(9)10-6;/h1-4,6H,5H2;1H/q+1;/p-1. The third-order valence-electron chi connectivity index (χ3n) is 1.49. The Morgan fingerprint density at radius 3 is 3.09 bits per heavy atom. The van der Waals surface area contributed by atoms with Gasteiger partial charge >= 0.3 is 5.88 Å². The number of halogens is 2. The Balaban J connectivity index is 0.000000605. The number of pyridine rings is 1. The van der Waals surface area contributed by atoms with Crippen molar-refractivity contribution >= 4 is 15.9 Å². The van der Waals surface area contributed by atoms with Gasteiger partial charge in [0, 0.05) is 6.07 Å². The average molecular weight is 281 g/mol. The van der Waals surface area contributed by atoms with Crippen molar-refractivity contribution in [3.63, 3.8) is 0 Å². The van der Waals surface area contributed by atoms with Crippen molar-refractivity contribution in [3.05, 3.63) is 24.4 Å². The summed E-state index contributed by atoms with van der Waals surface area (Å²) in [6, 6.07) is 5.93. The summed E-state index contributed by atoms with van der Waals surface area (Å²) in [6.07, 6.45) is 2.01. The number of aromatic nitrogens is 1. The molecule has 60 valence electrons. The van der Waals surface area contributed by atoms with Crippen molar-refractivity contribution in [1.29, 1.82) is 0 Å². The van der Waals surface area contributed by atoms with Crippen LogP contribution >= 0.6 is 15.9 Å². The second kappa shape index (κ2) is 3.54. The lowest BCUT2D eigenvalue weighted by molar-refractivity contribution is -0.680. The smallest absolute Gasteiger partial charge is 0.369 e. The summed E-state index contributed by atoms with van der Waals surface area (Å²) in [7, 11) is 0. The Morgan fingerprint density at radius 2 is 2.36 bits per heavy atom. The van der Waals surface area contributed by atoms with Crippen LogP contribution in [0.15, 0.2) is 24.4 Å². The largest absolute Gasteiger partial charge is 1.00 e. The quantitative estimate of drug-likeness (QED) is 0.399. The number of rotatable bonds is 0. The van der Waals surface area contributed by atoms with E-state index in [4.69, 9.17) is 4.74 Å². The van der Waals surface area contributed by atoms with Crippen LogP contribution in [0.2, 0.25) is 0 Å². The zero-order valence-corrected chi connectivity index (χ0v) is 8.88. The van der Waals surface area contributed by atoms with Crippen LogP contribution in [0.5, 0.6) is 5.88 Å². The molecule has 0 aliphatic carbocycles. The fraction of sp³-hybridized carbons (Fsp3) is 0.286. The zero-order chi connectivity index (χ0) is 6.97. The van der Waals surface area contributed by atoms with Crippen LogP contribution in [-0.4, -0.2) is 5.01 Å². The molecule has 2 rings (SSSR count). The predicted octanol–water partition coefficient (Wildman–Crippen LogP) is -1.91. The summed E-state index contributed by atoms with van der Waals surface area (Å²) in [5.41, 5.74) is 0. The summed E-state index contributed by atoms with van der Waals surface area (Å²) in [6.45, 7) is 0.899. The zero-order valence-electron chi connectivity index (χ0n) is 5.71. The lowest BCUT2D eigenvalue weighted by atomic mass is 10.5. The summed E-state index contributed by atoms with van der Waals surface area (Å²) < 4.78 is 7.46. The van der Waals surface area contributed by atoms with Gasteiger partial charge in [-0.05, 0) is 22.0 Å². The molecule has 1 aromatic rings. The van der Waals surface area contributed by atoms with Crippen LogP contribution < -0.4 is 26.3 Å². The molecule has 0 N–H and O–H groups in total. The molecule has 2 heterocycles. The molecule has 0 saturated heterocycles. The maximum atomic E-state index is 5.39. The van der Waals surface area contributed by atoms with Crippen LogP contribution in [0.4, 0.5) is 0 Å². The van der Waals surface area contributed by atoms with Crippen LogP contribution in [0, 0.1) is 0 Å². The van der Waals surface area contributed by atoms with E-state index in [0.29, 0.717) is 0 Å². The van der Waals surface area contributed by atoms with Crippen LogP contribution in [0.25, 0.3) is 0 Å². The molecule has 1 aliphatic rings. The molecule has 0 fully saturated rings. The van der Waals surface area contributed by atoms with E-state index in [1.54, 1.807) is 0 Å². The molecule has 0 radical (unpaired) electrons. The minimum absolute atomic E-state index is 0. The highest BCUT2D eigenvalue weighted by atomic mass is 79.9. The normalized spacial score (nSPS) is 19.9. The van der Waals surface area contributed by atoms with Gasteiger partial charge in [-0.15, -0.1) is 0 Å². The molecular formula is C7H7Br2NO. The second-order valence-electron chi connectivity index (χ2n) is 2.22. The van der Waals surface area contributed by atoms with E-state index in [-0.39, 0.29) is 22.0 Å². The minimum atomic E-state index is 0. The molecular weight excluding hydrogens is 274 g/mol. The first-order chi connectivity index (χ1) is 4.86. The van der Waals surface area contributed by atoms with E-state index in [0.717, 1.165) is 12.4 Å². The Kier molecular flexibility index (Phi) is 2.90. The molecule has 2 nitrogen and oxygen atoms in total. The van der Waals surface area contributed by atoms with Crippen molar-refractivity contribution in [2.45, 2.75) is 11.6 Å². The van der Waals surface area contributed by atoms with Gasteiger partial charge in [0.15, 0.2) is 12.7 Å². The van der Waals surface area contributed by atoms with Gasteiger partial charge in [-0.2, -0.15) is 4.57 Å². The number of hydrogen-bond acceptors (Lipinski definition) is 1. The number of alkyl halides is 1. The molecule has 0 bridgehead atoms. The lowest BCUT2D eigenvalue weighted by Gasteiger charge is -1.89. The van der Waals surface area contributed by atoms with Crippen LogP contribution in [0.3, 0.4) is 0 Å². The van der Waals surface area contributed by atoms with E-state index in [9.17, 15) is 0 Å². The highest BCUT2D eigenvalue weighted by Crippen LogP contribution is 2.15. The third kappa shape index (κ3) is 1.73. The van der Waals surface area contributed by atoms with Gasteiger partial charge in [0.25, 0.3) is 0 Å². The maximum Gasteiger partial charge on any atom is 0.369 e. The summed E-state index contributed by atoms with van der Waals surface area (Å²) in [4.78, 5) is 0. The van der Waals surface area contributed by atoms with E-state index in [1.807, 2.05) is 24.4 Å². The molecule has 0 spiro atoms. The highest BCUT2D eigenvalue weighted by Gasteiger charge is 2.26. The summed E-state index contributed by atoms with van der Waals surface area (Å²) in [5.74, 6) is 0.935. The maximum absolute atomic E-state index is 5.39. The summed E-state index contributed by atoms with van der Waals surface area (Å²) >= 11 is 3.38. The lowest BCUT2D eigenvalue weighted by Crippen LogP contribution is -3.00. The molecule has 4 heteroatoms. The summed E-state index contributed by atoms with van der Waals surface area (Å²) in [5, 5.41) is 0.148. The Morgan fingerprint density at radius 1 is 1.55 bits per heavy atom. The molecule has 0 saturated carbocycles. The van der Waals surface area contributed by atoms with E-state index in [1.165, 1.54) is 0 Å². The van der Waals surface area contributed by atoms with Gasteiger partial charge in [0.1, 0.15) is 0 Å². The molecule has 0 amide bonds. The first-order valence-corrected chi connectivity index (χ1v) is 4.07. The van der Waals surface area contributed by atoms with Crippen molar-refractivity contribution in [2.75, 3.05) is 0 Å². The van der Waals surface area contributed by atoms with Crippen molar-refractivity contribution < 1.29 is 26.3 Å². The molecule has 1 aliphatic heterocycles. The highest BCUT2D eigenvalue weighted by molar-refractivity contribution is 9.09. The van der Waals surface area contributed by atoms with Gasteiger partial charge < -0.3 is 21.7 Å². The number of hydrogen-bond donors (Lipinski definition) is 0. The van der Waals surface area contributed by atoms with Gasteiger partial charge in [0.2, 0.25) is 5.01 Å². The Labute approximate surface area is 84.1 Å². The Bertz CT molecular complexity index is 229. The first kappa shape index (κ1) is 9.00. The minimum Gasteiger partial charge on any atom is -1.00 e. The van der Waals surface area contributed by atoms with Gasteiger partial charge in [0.05, 0.1) is 6.07 Å². The molecule has 1 unspecified atom stereocenters. The topological polar surface area (TPSA) is 13.1 Å². The average Bonchev–Trinajstić information content (AvgIpc) is 2.27. The van der Waals surface area contributed by atoms with Crippen molar-refractivity contribution in [1.82, 2.24) is 0 Å². The molecule has 1 aromatic heterocycles. The van der Waals surface area contributed by atoms with E-state index in [2.05, 4.69) is 20.5 Å². The SMILES string of the molecule is BrC1C[n+]2ccccc2O1.[Br-]. The number of ether oxygens (including phenoxy) is 1. The fourth-order valence-corrected chi connectivity index (χ4v) is 1.54. The third-order valence-corrected chi connectivity index (χ3v) is 1.96. The Hall–Kier alpha value is -0.0900.